The van der Waals surface area contributed by atoms with Crippen molar-refractivity contribution in [3.05, 3.63) is 10.1 Å². The number of unbranched alkanes of at least 4 members (excludes halogenated alkanes) is 2. The molecule has 0 atom stereocenters. The van der Waals surface area contributed by atoms with Crippen LogP contribution in [0.3, 0.4) is 0 Å². The van der Waals surface area contributed by atoms with Crippen molar-refractivity contribution in [2.45, 2.75) is 26.2 Å². The Labute approximate surface area is 59.5 Å². The van der Waals surface area contributed by atoms with Crippen LogP contribution >= 0.6 is 0 Å². The van der Waals surface area contributed by atoms with Gasteiger partial charge in [-0.1, -0.05) is 0 Å². The van der Waals surface area contributed by atoms with Gasteiger partial charge in [-0.15, -0.1) is 0 Å². The van der Waals surface area contributed by atoms with Gasteiger partial charge in [0.15, 0.2) is 0 Å². The molecule has 0 radical (unpaired) electrons. The van der Waals surface area contributed by atoms with Crippen molar-refractivity contribution in [1.29, 1.82) is 0 Å². The molecule has 0 aromatic heterocycles. The molecular formula is C6H13Sb. The molecule has 0 saturated carbocycles. The number of rotatable bonds is 3. The van der Waals surface area contributed by atoms with E-state index >= 15 is 0 Å². The van der Waals surface area contributed by atoms with Crippen molar-refractivity contribution >= 4 is 23.0 Å². The molecule has 0 aromatic rings. The molecule has 1 heteroatoms. The average molecular weight is 207 g/mol. The van der Waals surface area contributed by atoms with E-state index in [4.69, 9.17) is 0 Å². The summed E-state index contributed by atoms with van der Waals surface area (Å²) in [6.45, 7) is 2.22. The Morgan fingerprint density at radius 2 is 2.29 bits per heavy atom. The van der Waals surface area contributed by atoms with Crippen molar-refractivity contribution in [1.82, 2.24) is 0 Å². The van der Waals surface area contributed by atoms with Crippen LogP contribution in [0.5, 0.6) is 0 Å². The normalized spacial score (nSPS) is 10.6. The molecule has 0 aromatic carbocycles. The van der Waals surface area contributed by atoms with Gasteiger partial charge in [-0.3, -0.25) is 0 Å². The SMILES string of the molecule is CCCCC=[CH][SbH2]. The van der Waals surface area contributed by atoms with Crippen molar-refractivity contribution in [2.24, 2.45) is 0 Å². The first kappa shape index (κ1) is 7.56. The summed E-state index contributed by atoms with van der Waals surface area (Å²) in [4.78, 5) is 0. The Hall–Kier alpha value is 0.558. The molecule has 0 N–H and O–H groups in total. The fraction of sp³-hybridized carbons (Fsp3) is 0.667. The Morgan fingerprint density at radius 1 is 1.57 bits per heavy atom. The van der Waals surface area contributed by atoms with E-state index in [0.29, 0.717) is 0 Å². The molecule has 0 saturated heterocycles. The summed E-state index contributed by atoms with van der Waals surface area (Å²) in [5.74, 6) is 0. The molecule has 0 aliphatic rings. The maximum atomic E-state index is 2.27. The quantitative estimate of drug-likeness (QED) is 0.483. The summed E-state index contributed by atoms with van der Waals surface area (Å²) < 4.78 is 2.24. The zero-order chi connectivity index (χ0) is 5.54. The molecule has 0 bridgehead atoms. The Balaban J connectivity index is 2.69. The van der Waals surface area contributed by atoms with Crippen LogP contribution in [0.4, 0.5) is 0 Å². The Bertz CT molecular complexity index is 48.1. The van der Waals surface area contributed by atoms with Gasteiger partial charge in [-0.2, -0.15) is 0 Å². The van der Waals surface area contributed by atoms with Crippen molar-refractivity contribution < 1.29 is 0 Å². The van der Waals surface area contributed by atoms with Crippen molar-refractivity contribution in [3.63, 3.8) is 0 Å². The van der Waals surface area contributed by atoms with Gasteiger partial charge in [-0.25, -0.2) is 0 Å². The molecule has 42 valence electrons. The predicted molar refractivity (Wildman–Crippen MR) is 37.2 cm³/mol. The fourth-order valence-corrected chi connectivity index (χ4v) is 0.967. The zero-order valence-corrected chi connectivity index (χ0v) is 8.15. The number of hydrogen-bond acceptors (Lipinski definition) is 0. The van der Waals surface area contributed by atoms with Crippen LogP contribution in [-0.2, 0) is 0 Å². The summed E-state index contributed by atoms with van der Waals surface area (Å²) in [5.41, 5.74) is 0. The summed E-state index contributed by atoms with van der Waals surface area (Å²) in [7, 11) is 0. The standard InChI is InChI=1S/C6H11.Sb.2H/c1-3-5-6-4-2;;;/h1,3H,4-6H2,2H3;;;. The van der Waals surface area contributed by atoms with E-state index in [1.165, 1.54) is 42.3 Å². The first-order valence-corrected chi connectivity index (χ1v) is 4.68. The van der Waals surface area contributed by atoms with E-state index in [1.807, 2.05) is 0 Å². The summed E-state index contributed by atoms with van der Waals surface area (Å²) in [5, 5.41) is 0. The third-order valence-electron chi connectivity index (χ3n) is 0.860. The molecule has 0 aliphatic heterocycles. The Kier molecular flexibility index (Phi) is 7.08. The van der Waals surface area contributed by atoms with Gasteiger partial charge in [0.1, 0.15) is 0 Å². The van der Waals surface area contributed by atoms with Gasteiger partial charge < -0.3 is 0 Å². The molecular weight excluding hydrogens is 194 g/mol. The van der Waals surface area contributed by atoms with Crippen LogP contribution in [0.25, 0.3) is 0 Å². The third-order valence-corrected chi connectivity index (χ3v) is 1.64. The zero-order valence-electron chi connectivity index (χ0n) is 4.85. The first-order valence-electron chi connectivity index (χ1n) is 2.78. The minimum atomic E-state index is 1.28. The second-order valence-corrected chi connectivity index (χ2v) is 2.67. The number of hydrogen-bond donors (Lipinski definition) is 0. The predicted octanol–water partition coefficient (Wildman–Crippen LogP) is 1.32. The van der Waals surface area contributed by atoms with Gasteiger partial charge in [-0.05, 0) is 0 Å². The third kappa shape index (κ3) is 6.56. The van der Waals surface area contributed by atoms with Gasteiger partial charge >= 0.3 is 59.3 Å². The molecule has 0 nitrogen and oxygen atoms in total. The van der Waals surface area contributed by atoms with E-state index < -0.39 is 0 Å². The van der Waals surface area contributed by atoms with Gasteiger partial charge in [0.05, 0.1) is 0 Å². The van der Waals surface area contributed by atoms with E-state index in [1.54, 1.807) is 0 Å². The van der Waals surface area contributed by atoms with Crippen LogP contribution in [0.1, 0.15) is 26.2 Å². The van der Waals surface area contributed by atoms with E-state index in [9.17, 15) is 0 Å². The first-order chi connectivity index (χ1) is 3.41. The van der Waals surface area contributed by atoms with Crippen molar-refractivity contribution in [3.8, 4) is 0 Å². The molecule has 0 spiro atoms. The molecule has 0 aliphatic carbocycles. The summed E-state index contributed by atoms with van der Waals surface area (Å²) in [6.07, 6.45) is 6.24. The Morgan fingerprint density at radius 3 is 2.71 bits per heavy atom. The van der Waals surface area contributed by atoms with Crippen LogP contribution < -0.4 is 0 Å². The molecule has 0 amide bonds. The van der Waals surface area contributed by atoms with Gasteiger partial charge in [0, 0.05) is 0 Å². The monoisotopic (exact) mass is 206 g/mol. The van der Waals surface area contributed by atoms with Crippen LogP contribution in [-0.4, -0.2) is 23.0 Å². The number of allylic oxidation sites excluding steroid dienone is 1. The second kappa shape index (κ2) is 6.56. The summed E-state index contributed by atoms with van der Waals surface area (Å²) in [6, 6.07) is 0. The maximum absolute atomic E-state index is 2.27. The van der Waals surface area contributed by atoms with E-state index in [2.05, 4.69) is 17.0 Å². The van der Waals surface area contributed by atoms with E-state index in [-0.39, 0.29) is 0 Å². The van der Waals surface area contributed by atoms with Gasteiger partial charge in [0.25, 0.3) is 0 Å². The van der Waals surface area contributed by atoms with Crippen LogP contribution in [0.2, 0.25) is 0 Å². The molecule has 7 heavy (non-hydrogen) atoms. The molecule has 0 heterocycles. The molecule has 0 fully saturated rings. The van der Waals surface area contributed by atoms with Crippen molar-refractivity contribution in [2.75, 3.05) is 0 Å². The molecule has 0 unspecified atom stereocenters. The summed E-state index contributed by atoms with van der Waals surface area (Å²) >= 11 is 1.28. The topological polar surface area (TPSA) is 0 Å². The second-order valence-electron chi connectivity index (χ2n) is 1.57. The van der Waals surface area contributed by atoms with Crippen LogP contribution in [0, 0.1) is 0 Å². The average Bonchev–Trinajstić information content (AvgIpc) is 1.69. The van der Waals surface area contributed by atoms with E-state index in [0.717, 1.165) is 0 Å². The van der Waals surface area contributed by atoms with Gasteiger partial charge in [0.2, 0.25) is 0 Å². The fourth-order valence-electron chi connectivity index (χ4n) is 0.418. The van der Waals surface area contributed by atoms with Crippen LogP contribution in [0.15, 0.2) is 10.1 Å². The molecule has 0 rings (SSSR count). The minimum absolute atomic E-state index is 1.28.